The van der Waals surface area contributed by atoms with Crippen LogP contribution >= 0.6 is 0 Å². The molecule has 136 valence electrons. The molecule has 0 aliphatic carbocycles. The van der Waals surface area contributed by atoms with E-state index < -0.39 is 0 Å². The van der Waals surface area contributed by atoms with Gasteiger partial charge in [-0.1, -0.05) is 32.9 Å². The number of ether oxygens (including phenoxy) is 1. The second kappa shape index (κ2) is 8.87. The Morgan fingerprint density at radius 2 is 1.92 bits per heavy atom. The fourth-order valence-electron chi connectivity index (χ4n) is 3.36. The highest BCUT2D eigenvalue weighted by Crippen LogP contribution is 2.24. The Morgan fingerprint density at radius 3 is 2.48 bits per heavy atom. The zero-order valence-electron chi connectivity index (χ0n) is 15.7. The highest BCUT2D eigenvalue weighted by atomic mass is 16.5. The van der Waals surface area contributed by atoms with Crippen LogP contribution in [-0.2, 0) is 4.79 Å². The molecule has 5 heteroatoms. The summed E-state index contributed by atoms with van der Waals surface area (Å²) in [5.41, 5.74) is 1.12. The molecule has 1 heterocycles. The Labute approximate surface area is 151 Å². The van der Waals surface area contributed by atoms with E-state index >= 15 is 0 Å². The lowest BCUT2D eigenvalue weighted by molar-refractivity contribution is -0.133. The van der Waals surface area contributed by atoms with Crippen molar-refractivity contribution in [3.05, 3.63) is 29.8 Å². The molecular weight excluding hydrogens is 314 g/mol. The van der Waals surface area contributed by atoms with Crippen LogP contribution in [-0.4, -0.2) is 55.0 Å². The summed E-state index contributed by atoms with van der Waals surface area (Å²) in [5.74, 6) is 1.47. The van der Waals surface area contributed by atoms with Crippen LogP contribution in [0.2, 0.25) is 0 Å². The summed E-state index contributed by atoms with van der Waals surface area (Å²) in [6.07, 6.45) is 0.499. The number of hydrogen-bond acceptors (Lipinski definition) is 4. The second-order valence-corrected chi connectivity index (χ2v) is 7.12. The van der Waals surface area contributed by atoms with Gasteiger partial charge in [-0.25, -0.2) is 0 Å². The number of rotatable bonds is 6. The third kappa shape index (κ3) is 4.96. The molecule has 25 heavy (non-hydrogen) atoms. The molecule has 1 aliphatic heterocycles. The number of amides is 1. The molecule has 1 aliphatic rings. The molecule has 0 saturated carbocycles. The Hall–Kier alpha value is -2.06. The van der Waals surface area contributed by atoms with E-state index in [0.717, 1.165) is 24.4 Å². The Morgan fingerprint density at radius 1 is 1.24 bits per heavy atom. The first-order chi connectivity index (χ1) is 12.0. The molecule has 0 bridgehead atoms. The first-order valence-corrected chi connectivity index (χ1v) is 9.01. The maximum atomic E-state index is 12.6. The van der Waals surface area contributed by atoms with Crippen LogP contribution in [0.1, 0.15) is 38.7 Å². The average molecular weight is 343 g/mol. The molecule has 2 atom stereocenters. The fourth-order valence-corrected chi connectivity index (χ4v) is 3.36. The maximum absolute atomic E-state index is 12.6. The standard InChI is InChI=1S/C20H29N3O2/c1-15(2)19(14-21)22-8-10-23(11-9-22)20(24)12-16(3)17-6-5-7-18(13-17)25-4/h5-7,13,15-16,19H,8-12H2,1-4H3/t16-,19+/m0/s1. The number of nitriles is 1. The summed E-state index contributed by atoms with van der Waals surface area (Å²) in [4.78, 5) is 16.8. The van der Waals surface area contributed by atoms with Gasteiger partial charge in [0.1, 0.15) is 11.8 Å². The minimum Gasteiger partial charge on any atom is -0.497 e. The van der Waals surface area contributed by atoms with Crippen LogP contribution in [0.5, 0.6) is 5.75 Å². The topological polar surface area (TPSA) is 56.6 Å². The van der Waals surface area contributed by atoms with Crippen molar-refractivity contribution in [2.24, 2.45) is 5.92 Å². The number of carbonyl (C=O) groups is 1. The van der Waals surface area contributed by atoms with Crippen molar-refractivity contribution in [1.82, 2.24) is 9.80 Å². The normalized spacial score (nSPS) is 17.8. The third-order valence-electron chi connectivity index (χ3n) is 4.97. The molecule has 1 fully saturated rings. The molecule has 0 radical (unpaired) electrons. The van der Waals surface area contributed by atoms with Crippen LogP contribution < -0.4 is 4.74 Å². The van der Waals surface area contributed by atoms with Gasteiger partial charge in [-0.2, -0.15) is 5.26 Å². The van der Waals surface area contributed by atoms with Crippen molar-refractivity contribution >= 4 is 5.91 Å². The number of piperazine rings is 1. The van der Waals surface area contributed by atoms with Crippen molar-refractivity contribution in [1.29, 1.82) is 5.26 Å². The van der Waals surface area contributed by atoms with E-state index in [-0.39, 0.29) is 17.9 Å². The molecule has 1 aromatic rings. The highest BCUT2D eigenvalue weighted by molar-refractivity contribution is 5.77. The minimum absolute atomic E-state index is 0.0621. The predicted octanol–water partition coefficient (Wildman–Crippen LogP) is 2.88. The van der Waals surface area contributed by atoms with E-state index in [1.807, 2.05) is 29.2 Å². The molecule has 5 nitrogen and oxygen atoms in total. The number of carbonyl (C=O) groups excluding carboxylic acids is 1. The van der Waals surface area contributed by atoms with Gasteiger partial charge in [0.2, 0.25) is 5.91 Å². The van der Waals surface area contributed by atoms with Gasteiger partial charge in [0.25, 0.3) is 0 Å². The summed E-state index contributed by atoms with van der Waals surface area (Å²) in [7, 11) is 1.65. The number of methoxy groups -OCH3 is 1. The summed E-state index contributed by atoms with van der Waals surface area (Å²) in [5, 5.41) is 9.33. The van der Waals surface area contributed by atoms with Crippen LogP contribution in [0.25, 0.3) is 0 Å². The van der Waals surface area contributed by atoms with Gasteiger partial charge in [-0.3, -0.25) is 9.69 Å². The van der Waals surface area contributed by atoms with Gasteiger partial charge in [0.05, 0.1) is 13.2 Å². The van der Waals surface area contributed by atoms with Crippen molar-refractivity contribution in [3.8, 4) is 11.8 Å². The fraction of sp³-hybridized carbons (Fsp3) is 0.600. The van der Waals surface area contributed by atoms with Gasteiger partial charge in [0.15, 0.2) is 0 Å². The maximum Gasteiger partial charge on any atom is 0.223 e. The lowest BCUT2D eigenvalue weighted by atomic mass is 9.96. The van der Waals surface area contributed by atoms with Gasteiger partial charge >= 0.3 is 0 Å². The smallest absolute Gasteiger partial charge is 0.223 e. The van der Waals surface area contributed by atoms with Crippen LogP contribution in [0.3, 0.4) is 0 Å². The molecule has 0 N–H and O–H groups in total. The first kappa shape index (κ1) is 19.3. The van der Waals surface area contributed by atoms with Crippen LogP contribution in [0.4, 0.5) is 0 Å². The van der Waals surface area contributed by atoms with Crippen LogP contribution in [0.15, 0.2) is 24.3 Å². The molecule has 0 aromatic heterocycles. The zero-order chi connectivity index (χ0) is 18.4. The Kier molecular flexibility index (Phi) is 6.83. The Bertz CT molecular complexity index is 616. The third-order valence-corrected chi connectivity index (χ3v) is 4.97. The van der Waals surface area contributed by atoms with Gasteiger partial charge in [-0.15, -0.1) is 0 Å². The molecule has 0 spiro atoms. The van der Waals surface area contributed by atoms with Crippen molar-refractivity contribution in [2.45, 2.75) is 39.2 Å². The second-order valence-electron chi connectivity index (χ2n) is 7.12. The van der Waals surface area contributed by atoms with E-state index in [1.165, 1.54) is 0 Å². The van der Waals surface area contributed by atoms with Gasteiger partial charge in [0, 0.05) is 32.6 Å². The zero-order valence-corrected chi connectivity index (χ0v) is 15.7. The quantitative estimate of drug-likeness (QED) is 0.797. The van der Waals surface area contributed by atoms with Crippen molar-refractivity contribution in [3.63, 3.8) is 0 Å². The predicted molar refractivity (Wildman–Crippen MR) is 98.4 cm³/mol. The van der Waals surface area contributed by atoms with E-state index in [1.54, 1.807) is 7.11 Å². The number of hydrogen-bond donors (Lipinski definition) is 0. The summed E-state index contributed by atoms with van der Waals surface area (Å²) in [6.45, 7) is 9.17. The molecular formula is C20H29N3O2. The summed E-state index contributed by atoms with van der Waals surface area (Å²) < 4.78 is 5.26. The van der Waals surface area contributed by atoms with E-state index in [0.29, 0.717) is 25.4 Å². The van der Waals surface area contributed by atoms with E-state index in [2.05, 4.69) is 31.7 Å². The lowest BCUT2D eigenvalue weighted by Crippen LogP contribution is -2.52. The molecule has 1 amide bonds. The Balaban J connectivity index is 1.89. The van der Waals surface area contributed by atoms with Gasteiger partial charge in [-0.05, 0) is 29.5 Å². The van der Waals surface area contributed by atoms with Gasteiger partial charge < -0.3 is 9.64 Å². The van der Waals surface area contributed by atoms with Crippen molar-refractivity contribution < 1.29 is 9.53 Å². The largest absolute Gasteiger partial charge is 0.497 e. The summed E-state index contributed by atoms with van der Waals surface area (Å²) >= 11 is 0. The van der Waals surface area contributed by atoms with Crippen LogP contribution in [0, 0.1) is 17.2 Å². The molecule has 1 aromatic carbocycles. The lowest BCUT2D eigenvalue weighted by Gasteiger charge is -2.38. The number of nitrogens with zero attached hydrogens (tertiary/aromatic N) is 3. The first-order valence-electron chi connectivity index (χ1n) is 9.01. The molecule has 1 saturated heterocycles. The van der Waals surface area contributed by atoms with E-state index in [9.17, 15) is 10.1 Å². The monoisotopic (exact) mass is 343 g/mol. The summed E-state index contributed by atoms with van der Waals surface area (Å²) in [6, 6.07) is 10.2. The molecule has 0 unspecified atom stereocenters. The minimum atomic E-state index is -0.0621. The number of benzene rings is 1. The van der Waals surface area contributed by atoms with Crippen molar-refractivity contribution in [2.75, 3.05) is 33.3 Å². The molecule has 2 rings (SSSR count). The SMILES string of the molecule is COc1cccc([C@@H](C)CC(=O)N2CCN([C@H](C#N)C(C)C)CC2)c1. The highest BCUT2D eigenvalue weighted by Gasteiger charge is 2.28. The van der Waals surface area contributed by atoms with E-state index in [4.69, 9.17) is 4.74 Å². The average Bonchev–Trinajstić information content (AvgIpc) is 2.62.